The van der Waals surface area contributed by atoms with Gasteiger partial charge in [0.25, 0.3) is 0 Å². The number of pyridine rings is 1. The van der Waals surface area contributed by atoms with Crippen LogP contribution in [0.25, 0.3) is 11.1 Å². The lowest BCUT2D eigenvalue weighted by atomic mass is 9.97. The lowest BCUT2D eigenvalue weighted by Gasteiger charge is -2.14. The van der Waals surface area contributed by atoms with E-state index in [0.717, 1.165) is 16.7 Å². The van der Waals surface area contributed by atoms with Crippen LogP contribution in [0, 0.1) is 18.3 Å². The van der Waals surface area contributed by atoms with Crippen LogP contribution >= 0.6 is 0 Å². The van der Waals surface area contributed by atoms with E-state index in [1.165, 1.54) is 6.07 Å². The summed E-state index contributed by atoms with van der Waals surface area (Å²) in [5.41, 5.74) is 2.96. The summed E-state index contributed by atoms with van der Waals surface area (Å²) in [6.07, 6.45) is 0. The molecular weight excluding hydrogens is 294 g/mol. The fourth-order valence-electron chi connectivity index (χ4n) is 2.25. The van der Waals surface area contributed by atoms with Gasteiger partial charge in [-0.1, -0.05) is 12.1 Å². The van der Waals surface area contributed by atoms with Crippen LogP contribution in [-0.4, -0.2) is 36.3 Å². The fraction of sp³-hybridized carbons (Fsp3) is 0.235. The molecule has 0 amide bonds. The molecule has 0 radical (unpaired) electrons. The van der Waals surface area contributed by atoms with Gasteiger partial charge in [0.05, 0.1) is 18.2 Å². The summed E-state index contributed by atoms with van der Waals surface area (Å²) in [4.78, 5) is 15.3. The van der Waals surface area contributed by atoms with E-state index in [9.17, 15) is 10.1 Å². The molecule has 1 heterocycles. The summed E-state index contributed by atoms with van der Waals surface area (Å²) in [6, 6.07) is 10.7. The fourth-order valence-corrected chi connectivity index (χ4v) is 2.25. The molecule has 0 saturated heterocycles. The number of carboxylic acids is 1. The Morgan fingerprint density at radius 2 is 2.13 bits per heavy atom. The molecule has 0 fully saturated rings. The van der Waals surface area contributed by atoms with Crippen molar-refractivity contribution in [1.82, 2.24) is 4.98 Å². The Labute approximate surface area is 134 Å². The minimum atomic E-state index is -1.09. The van der Waals surface area contributed by atoms with Crippen molar-refractivity contribution >= 4 is 11.8 Å². The van der Waals surface area contributed by atoms with Gasteiger partial charge in [0.1, 0.15) is 5.82 Å². The lowest BCUT2D eigenvalue weighted by molar-refractivity contribution is 0.0690. The normalized spacial score (nSPS) is 10.1. The Balaban J connectivity index is 2.52. The highest BCUT2D eigenvalue weighted by atomic mass is 16.5. The highest BCUT2D eigenvalue weighted by molar-refractivity contribution is 5.88. The number of hydrogen-bond donors (Lipinski definition) is 2. The van der Waals surface area contributed by atoms with Gasteiger partial charge in [-0.25, -0.2) is 9.78 Å². The Morgan fingerprint density at radius 1 is 1.35 bits per heavy atom. The number of nitrogens with zero attached hydrogens (tertiary/aromatic N) is 2. The van der Waals surface area contributed by atoms with E-state index in [1.807, 2.05) is 13.0 Å². The van der Waals surface area contributed by atoms with Crippen LogP contribution in [0.1, 0.15) is 21.6 Å². The molecule has 0 bridgehead atoms. The van der Waals surface area contributed by atoms with Crippen molar-refractivity contribution in [1.29, 1.82) is 5.26 Å². The van der Waals surface area contributed by atoms with Gasteiger partial charge in [-0.15, -0.1) is 0 Å². The van der Waals surface area contributed by atoms with E-state index in [4.69, 9.17) is 9.84 Å². The first-order valence-corrected chi connectivity index (χ1v) is 7.05. The zero-order chi connectivity index (χ0) is 16.8. The van der Waals surface area contributed by atoms with Crippen molar-refractivity contribution in [3.8, 4) is 17.2 Å². The summed E-state index contributed by atoms with van der Waals surface area (Å²) < 4.78 is 5.00. The predicted octanol–water partition coefficient (Wildman–Crippen LogP) is 2.69. The van der Waals surface area contributed by atoms with Gasteiger partial charge in [-0.2, -0.15) is 5.26 Å². The molecule has 2 N–H and O–H groups in total. The number of benzene rings is 1. The SMILES string of the molecule is COCCNc1nc(C(=O)O)ccc1-c1cccc(C#N)c1C. The van der Waals surface area contributed by atoms with E-state index >= 15 is 0 Å². The van der Waals surface area contributed by atoms with Gasteiger partial charge in [0.15, 0.2) is 5.69 Å². The van der Waals surface area contributed by atoms with E-state index in [2.05, 4.69) is 16.4 Å². The monoisotopic (exact) mass is 311 g/mol. The Morgan fingerprint density at radius 3 is 2.78 bits per heavy atom. The first-order chi connectivity index (χ1) is 11.1. The van der Waals surface area contributed by atoms with Gasteiger partial charge in [-0.3, -0.25) is 0 Å². The van der Waals surface area contributed by atoms with Crippen LogP contribution < -0.4 is 5.32 Å². The highest BCUT2D eigenvalue weighted by Gasteiger charge is 2.14. The van der Waals surface area contributed by atoms with Crippen molar-refractivity contribution in [2.75, 3.05) is 25.6 Å². The summed E-state index contributed by atoms with van der Waals surface area (Å²) in [6.45, 7) is 2.82. The maximum atomic E-state index is 11.1. The standard InChI is InChI=1S/C17H17N3O3/c1-11-12(10-18)4-3-5-13(11)14-6-7-15(17(21)22)20-16(14)19-8-9-23-2/h3-7H,8-9H2,1-2H3,(H,19,20)(H,21,22). The number of ether oxygens (including phenoxy) is 1. The quantitative estimate of drug-likeness (QED) is 0.796. The first-order valence-electron chi connectivity index (χ1n) is 7.05. The van der Waals surface area contributed by atoms with E-state index in [0.29, 0.717) is 24.5 Å². The number of carboxylic acid groups (broad SMARTS) is 1. The number of nitriles is 1. The smallest absolute Gasteiger partial charge is 0.354 e. The molecule has 0 aliphatic rings. The van der Waals surface area contributed by atoms with Gasteiger partial charge >= 0.3 is 5.97 Å². The van der Waals surface area contributed by atoms with E-state index in [-0.39, 0.29) is 5.69 Å². The van der Waals surface area contributed by atoms with E-state index < -0.39 is 5.97 Å². The van der Waals surface area contributed by atoms with E-state index in [1.54, 1.807) is 25.3 Å². The number of methoxy groups -OCH3 is 1. The van der Waals surface area contributed by atoms with Crippen LogP contribution in [-0.2, 0) is 4.74 Å². The zero-order valence-electron chi connectivity index (χ0n) is 13.0. The highest BCUT2D eigenvalue weighted by Crippen LogP contribution is 2.31. The van der Waals surface area contributed by atoms with Crippen LogP contribution in [0.3, 0.4) is 0 Å². The molecule has 2 rings (SSSR count). The van der Waals surface area contributed by atoms with Gasteiger partial charge in [0.2, 0.25) is 0 Å². The maximum absolute atomic E-state index is 11.1. The van der Waals surface area contributed by atoms with Crippen molar-refractivity contribution in [3.05, 3.63) is 47.2 Å². The minimum Gasteiger partial charge on any atom is -0.477 e. The predicted molar refractivity (Wildman–Crippen MR) is 86.5 cm³/mol. The topological polar surface area (TPSA) is 95.2 Å². The van der Waals surface area contributed by atoms with Crippen molar-refractivity contribution in [2.45, 2.75) is 6.92 Å². The number of carbonyl (C=O) groups is 1. The minimum absolute atomic E-state index is 0.0391. The molecule has 2 aromatic rings. The third kappa shape index (κ3) is 3.65. The Kier molecular flexibility index (Phi) is 5.28. The van der Waals surface area contributed by atoms with Gasteiger partial charge < -0.3 is 15.2 Å². The zero-order valence-corrected chi connectivity index (χ0v) is 13.0. The van der Waals surface area contributed by atoms with Crippen molar-refractivity contribution < 1.29 is 14.6 Å². The third-order valence-electron chi connectivity index (χ3n) is 3.46. The van der Waals surface area contributed by atoms with Gasteiger partial charge in [0, 0.05) is 19.2 Å². The molecule has 0 aliphatic heterocycles. The molecule has 0 saturated carbocycles. The second-order valence-electron chi connectivity index (χ2n) is 4.91. The molecule has 0 aliphatic carbocycles. The second kappa shape index (κ2) is 7.38. The average Bonchev–Trinajstić information content (AvgIpc) is 2.55. The molecule has 1 aromatic heterocycles. The molecule has 0 atom stereocenters. The largest absolute Gasteiger partial charge is 0.477 e. The molecule has 0 unspecified atom stereocenters. The average molecular weight is 311 g/mol. The van der Waals surface area contributed by atoms with Crippen LogP contribution in [0.15, 0.2) is 30.3 Å². The molecule has 23 heavy (non-hydrogen) atoms. The number of rotatable bonds is 6. The van der Waals surface area contributed by atoms with Crippen LogP contribution in [0.4, 0.5) is 5.82 Å². The Hall–Kier alpha value is -2.91. The van der Waals surface area contributed by atoms with Crippen molar-refractivity contribution in [3.63, 3.8) is 0 Å². The number of hydrogen-bond acceptors (Lipinski definition) is 5. The summed E-state index contributed by atoms with van der Waals surface area (Å²) in [5, 5.41) is 21.4. The number of nitrogens with one attached hydrogen (secondary N) is 1. The third-order valence-corrected chi connectivity index (χ3v) is 3.46. The summed E-state index contributed by atoms with van der Waals surface area (Å²) in [7, 11) is 1.59. The molecule has 0 spiro atoms. The molecular formula is C17H17N3O3. The summed E-state index contributed by atoms with van der Waals surface area (Å²) in [5.74, 6) is -0.631. The number of anilines is 1. The molecule has 6 nitrogen and oxygen atoms in total. The van der Waals surface area contributed by atoms with Crippen molar-refractivity contribution in [2.24, 2.45) is 0 Å². The number of aromatic carboxylic acids is 1. The molecule has 1 aromatic carbocycles. The van der Waals surface area contributed by atoms with Gasteiger partial charge in [-0.05, 0) is 36.2 Å². The summed E-state index contributed by atoms with van der Waals surface area (Å²) >= 11 is 0. The second-order valence-corrected chi connectivity index (χ2v) is 4.91. The molecule has 6 heteroatoms. The van der Waals surface area contributed by atoms with Crippen LogP contribution in [0.2, 0.25) is 0 Å². The molecule has 118 valence electrons. The number of aromatic nitrogens is 1. The van der Waals surface area contributed by atoms with Crippen LogP contribution in [0.5, 0.6) is 0 Å². The maximum Gasteiger partial charge on any atom is 0.354 e. The Bertz CT molecular complexity index is 766. The lowest BCUT2D eigenvalue weighted by Crippen LogP contribution is -2.12. The first kappa shape index (κ1) is 16.5.